The number of fused-ring (bicyclic) bond motifs is 3. The molecule has 0 radical (unpaired) electrons. The van der Waals surface area contributed by atoms with Crippen molar-refractivity contribution in [1.82, 2.24) is 10.4 Å². The summed E-state index contributed by atoms with van der Waals surface area (Å²) in [5.41, 5.74) is 6.04. The molecule has 1 aliphatic carbocycles. The highest BCUT2D eigenvalue weighted by atomic mass is 16.7. The maximum Gasteiger partial charge on any atom is 0.407 e. The molecular formula is C27H26N2O6. The number of carboxylic acid groups (broad SMARTS) is 1. The number of rotatable bonds is 9. The van der Waals surface area contributed by atoms with Crippen LogP contribution in [0.5, 0.6) is 0 Å². The van der Waals surface area contributed by atoms with Crippen LogP contribution < -0.4 is 5.32 Å². The summed E-state index contributed by atoms with van der Waals surface area (Å²) >= 11 is 0. The fraction of sp³-hybridized carbons (Fsp3) is 0.222. The molecule has 35 heavy (non-hydrogen) atoms. The first kappa shape index (κ1) is 24.0. The monoisotopic (exact) mass is 474 g/mol. The van der Waals surface area contributed by atoms with E-state index in [1.807, 2.05) is 36.4 Å². The van der Waals surface area contributed by atoms with Crippen molar-refractivity contribution < 1.29 is 29.1 Å². The molecule has 3 aromatic carbocycles. The summed E-state index contributed by atoms with van der Waals surface area (Å²) in [5, 5.41) is 12.4. The molecule has 180 valence electrons. The van der Waals surface area contributed by atoms with Gasteiger partial charge in [0.2, 0.25) is 5.91 Å². The van der Waals surface area contributed by atoms with E-state index in [1.165, 1.54) is 7.05 Å². The number of hydroxylamine groups is 2. The molecule has 2 N–H and O–H groups in total. The first-order valence-electron chi connectivity index (χ1n) is 11.2. The van der Waals surface area contributed by atoms with Crippen molar-refractivity contribution in [3.8, 4) is 11.1 Å². The number of carbonyl (C=O) groups is 3. The normalized spacial score (nSPS) is 11.9. The number of benzene rings is 3. The maximum atomic E-state index is 12.5. The predicted octanol–water partition coefficient (Wildman–Crippen LogP) is 3.74. The molecule has 0 bridgehead atoms. The Labute approximate surface area is 203 Å². The number of aliphatic carboxylic acids is 1. The van der Waals surface area contributed by atoms with Crippen LogP contribution in [0.4, 0.5) is 4.79 Å². The van der Waals surface area contributed by atoms with E-state index >= 15 is 0 Å². The molecule has 0 fully saturated rings. The molecule has 0 unspecified atom stereocenters. The van der Waals surface area contributed by atoms with E-state index in [0.717, 1.165) is 32.9 Å². The van der Waals surface area contributed by atoms with Gasteiger partial charge in [0.15, 0.2) is 6.61 Å². The zero-order chi connectivity index (χ0) is 24.8. The minimum atomic E-state index is -1.17. The van der Waals surface area contributed by atoms with Gasteiger partial charge in [-0.2, -0.15) is 0 Å². The number of nitrogens with zero attached hydrogens (tertiary/aromatic N) is 1. The number of amides is 2. The Bertz CT molecular complexity index is 1200. The number of likely N-dealkylation sites (N-methyl/N-ethyl adjacent to an activating group) is 1. The van der Waals surface area contributed by atoms with Gasteiger partial charge in [0, 0.05) is 19.5 Å². The summed E-state index contributed by atoms with van der Waals surface area (Å²) in [6.07, 6.45) is -0.548. The lowest BCUT2D eigenvalue weighted by Gasteiger charge is -2.17. The van der Waals surface area contributed by atoms with Crippen LogP contribution in [0, 0.1) is 0 Å². The fourth-order valence-corrected chi connectivity index (χ4v) is 4.22. The van der Waals surface area contributed by atoms with Crippen LogP contribution in [-0.4, -0.2) is 48.4 Å². The fourth-order valence-electron chi connectivity index (χ4n) is 4.22. The smallest absolute Gasteiger partial charge is 0.407 e. The lowest BCUT2D eigenvalue weighted by atomic mass is 9.98. The summed E-state index contributed by atoms with van der Waals surface area (Å²) in [5.74, 6) is -1.60. The molecule has 0 aliphatic heterocycles. The van der Waals surface area contributed by atoms with E-state index in [1.54, 1.807) is 12.1 Å². The molecule has 0 aromatic heterocycles. The van der Waals surface area contributed by atoms with Gasteiger partial charge in [-0.05, 0) is 33.4 Å². The van der Waals surface area contributed by atoms with Crippen LogP contribution in [0.2, 0.25) is 0 Å². The van der Waals surface area contributed by atoms with Gasteiger partial charge < -0.3 is 15.2 Å². The van der Waals surface area contributed by atoms with Gasteiger partial charge >= 0.3 is 12.1 Å². The summed E-state index contributed by atoms with van der Waals surface area (Å²) in [6, 6.07) is 23.4. The summed E-state index contributed by atoms with van der Waals surface area (Å²) in [4.78, 5) is 40.4. The quantitative estimate of drug-likeness (QED) is 0.458. The van der Waals surface area contributed by atoms with Crippen LogP contribution in [0.3, 0.4) is 0 Å². The average molecular weight is 475 g/mol. The summed E-state index contributed by atoms with van der Waals surface area (Å²) in [7, 11) is 1.36. The van der Waals surface area contributed by atoms with E-state index in [9.17, 15) is 14.4 Å². The number of carboxylic acids is 1. The largest absolute Gasteiger partial charge is 0.479 e. The van der Waals surface area contributed by atoms with Gasteiger partial charge in [-0.3, -0.25) is 9.63 Å². The highest BCUT2D eigenvalue weighted by Gasteiger charge is 2.29. The third-order valence-electron chi connectivity index (χ3n) is 5.96. The lowest BCUT2D eigenvalue weighted by Crippen LogP contribution is -2.31. The molecule has 0 saturated heterocycles. The van der Waals surface area contributed by atoms with Crippen molar-refractivity contribution in [1.29, 1.82) is 0 Å². The highest BCUT2D eigenvalue weighted by molar-refractivity contribution is 5.79. The topological polar surface area (TPSA) is 105 Å². The molecular weight excluding hydrogens is 448 g/mol. The Morgan fingerprint density at radius 3 is 2.09 bits per heavy atom. The number of carbonyl (C=O) groups excluding carboxylic acids is 2. The van der Waals surface area contributed by atoms with E-state index in [2.05, 4.69) is 29.6 Å². The number of alkyl carbamates (subject to hydrolysis) is 1. The Morgan fingerprint density at radius 1 is 0.886 bits per heavy atom. The van der Waals surface area contributed by atoms with Crippen molar-refractivity contribution in [3.05, 3.63) is 95.1 Å². The van der Waals surface area contributed by atoms with Gasteiger partial charge in [-0.15, -0.1) is 0 Å². The molecule has 4 rings (SSSR count). The van der Waals surface area contributed by atoms with E-state index in [0.29, 0.717) is 5.56 Å². The Morgan fingerprint density at radius 2 is 1.46 bits per heavy atom. The molecule has 3 aromatic rings. The molecule has 0 heterocycles. The molecule has 0 saturated carbocycles. The van der Waals surface area contributed by atoms with Crippen molar-refractivity contribution in [2.24, 2.45) is 0 Å². The zero-order valence-corrected chi connectivity index (χ0v) is 19.3. The predicted molar refractivity (Wildman–Crippen MR) is 128 cm³/mol. The van der Waals surface area contributed by atoms with Crippen molar-refractivity contribution >= 4 is 18.0 Å². The van der Waals surface area contributed by atoms with Crippen LogP contribution in [-0.2, 0) is 32.1 Å². The number of ether oxygens (including phenoxy) is 1. The van der Waals surface area contributed by atoms with Crippen LogP contribution in [0.25, 0.3) is 11.1 Å². The van der Waals surface area contributed by atoms with Gasteiger partial charge in [0.25, 0.3) is 0 Å². The molecule has 8 nitrogen and oxygen atoms in total. The van der Waals surface area contributed by atoms with Gasteiger partial charge in [-0.1, -0.05) is 72.8 Å². The third-order valence-corrected chi connectivity index (χ3v) is 5.96. The second kappa shape index (κ2) is 10.8. The van der Waals surface area contributed by atoms with Gasteiger partial charge in [0.05, 0.1) is 6.42 Å². The van der Waals surface area contributed by atoms with E-state index < -0.39 is 24.6 Å². The number of hydrogen-bond acceptors (Lipinski definition) is 5. The molecule has 0 spiro atoms. The number of nitrogens with one attached hydrogen (secondary N) is 1. The second-order valence-electron chi connectivity index (χ2n) is 8.18. The SMILES string of the molecule is CN(OCC(=O)O)C(=O)Cc1ccccc1CNC(=O)OCC1c2ccccc2-c2ccccc21. The third kappa shape index (κ3) is 5.67. The van der Waals surface area contributed by atoms with Gasteiger partial charge in [-0.25, -0.2) is 14.7 Å². The minimum absolute atomic E-state index is 0.00133. The first-order valence-corrected chi connectivity index (χ1v) is 11.2. The van der Waals surface area contributed by atoms with Gasteiger partial charge in [0.1, 0.15) is 6.61 Å². The van der Waals surface area contributed by atoms with E-state index in [4.69, 9.17) is 14.7 Å². The van der Waals surface area contributed by atoms with Crippen molar-refractivity contribution in [2.45, 2.75) is 18.9 Å². The Balaban J connectivity index is 1.34. The first-order chi connectivity index (χ1) is 16.9. The minimum Gasteiger partial charge on any atom is -0.479 e. The Kier molecular flexibility index (Phi) is 7.42. The lowest BCUT2D eigenvalue weighted by molar-refractivity contribution is -0.185. The van der Waals surface area contributed by atoms with E-state index in [-0.39, 0.29) is 25.5 Å². The summed E-state index contributed by atoms with van der Waals surface area (Å²) in [6.45, 7) is -0.210. The molecule has 0 atom stereocenters. The van der Waals surface area contributed by atoms with Crippen LogP contribution >= 0.6 is 0 Å². The van der Waals surface area contributed by atoms with Crippen molar-refractivity contribution in [2.75, 3.05) is 20.3 Å². The Hall–Kier alpha value is -4.17. The maximum absolute atomic E-state index is 12.5. The molecule has 2 amide bonds. The highest BCUT2D eigenvalue weighted by Crippen LogP contribution is 2.44. The standard InChI is InChI=1S/C27H26N2O6/c1-29(35-17-26(31)32)25(30)14-18-8-2-3-9-19(18)15-28-27(33)34-16-24-22-12-6-4-10-20(22)21-11-5-7-13-23(21)24/h2-13,24H,14-17H2,1H3,(H,28,33)(H,31,32). The molecule has 8 heteroatoms. The van der Waals surface area contributed by atoms with Crippen molar-refractivity contribution in [3.63, 3.8) is 0 Å². The second-order valence-corrected chi connectivity index (χ2v) is 8.18. The summed E-state index contributed by atoms with van der Waals surface area (Å²) < 4.78 is 5.57. The molecule has 1 aliphatic rings. The number of hydrogen-bond donors (Lipinski definition) is 2. The van der Waals surface area contributed by atoms with Crippen LogP contribution in [0.15, 0.2) is 72.8 Å². The van der Waals surface area contributed by atoms with Crippen LogP contribution in [0.1, 0.15) is 28.2 Å². The average Bonchev–Trinajstić information content (AvgIpc) is 3.19. The zero-order valence-electron chi connectivity index (χ0n) is 19.3.